The second-order valence-electron chi connectivity index (χ2n) is 6.05. The Morgan fingerprint density at radius 1 is 1.26 bits per heavy atom. The number of hydrogen-bond donors (Lipinski definition) is 2. The SMILES string of the molecule is CN(C)C(CNC(=O)Cc1csc(NC(=O)c2cccs2)n1)c1ccco1. The maximum Gasteiger partial charge on any atom is 0.267 e. The maximum absolute atomic E-state index is 12.2. The van der Waals surface area contributed by atoms with Gasteiger partial charge in [-0.1, -0.05) is 6.07 Å². The van der Waals surface area contributed by atoms with Gasteiger partial charge in [0.25, 0.3) is 5.91 Å². The molecule has 142 valence electrons. The number of rotatable bonds is 8. The van der Waals surface area contributed by atoms with Gasteiger partial charge in [-0.15, -0.1) is 22.7 Å². The molecule has 0 saturated heterocycles. The average Bonchev–Trinajstić information content (AvgIpc) is 3.38. The van der Waals surface area contributed by atoms with Gasteiger partial charge in [-0.25, -0.2) is 4.98 Å². The van der Waals surface area contributed by atoms with Crippen LogP contribution in [0.3, 0.4) is 0 Å². The van der Waals surface area contributed by atoms with Crippen LogP contribution in [0, 0.1) is 0 Å². The normalized spacial score (nSPS) is 12.1. The van der Waals surface area contributed by atoms with Gasteiger partial charge < -0.3 is 9.73 Å². The molecule has 1 unspecified atom stereocenters. The van der Waals surface area contributed by atoms with Crippen LogP contribution in [0.1, 0.15) is 27.2 Å². The lowest BCUT2D eigenvalue weighted by atomic mass is 10.2. The van der Waals surface area contributed by atoms with Gasteiger partial charge in [0.2, 0.25) is 5.91 Å². The second-order valence-corrected chi connectivity index (χ2v) is 7.86. The minimum Gasteiger partial charge on any atom is -0.468 e. The Morgan fingerprint density at radius 3 is 2.78 bits per heavy atom. The summed E-state index contributed by atoms with van der Waals surface area (Å²) < 4.78 is 5.44. The van der Waals surface area contributed by atoms with Crippen molar-refractivity contribution < 1.29 is 14.0 Å². The highest BCUT2D eigenvalue weighted by molar-refractivity contribution is 7.14. The first-order chi connectivity index (χ1) is 13.0. The third-order valence-electron chi connectivity index (χ3n) is 3.85. The largest absolute Gasteiger partial charge is 0.468 e. The second kappa shape index (κ2) is 8.94. The van der Waals surface area contributed by atoms with E-state index < -0.39 is 0 Å². The predicted molar refractivity (Wildman–Crippen MR) is 106 cm³/mol. The van der Waals surface area contributed by atoms with Gasteiger partial charge in [0, 0.05) is 11.9 Å². The summed E-state index contributed by atoms with van der Waals surface area (Å²) in [6.45, 7) is 0.436. The van der Waals surface area contributed by atoms with E-state index in [4.69, 9.17) is 4.42 Å². The highest BCUT2D eigenvalue weighted by Crippen LogP contribution is 2.19. The maximum atomic E-state index is 12.2. The van der Waals surface area contributed by atoms with Gasteiger partial charge in [-0.05, 0) is 37.7 Å². The number of nitrogens with one attached hydrogen (secondary N) is 2. The standard InChI is InChI=1S/C18H20N4O3S2/c1-22(2)13(14-5-3-7-25-14)10-19-16(23)9-12-11-27-18(20-12)21-17(24)15-6-4-8-26-15/h3-8,11,13H,9-10H2,1-2H3,(H,19,23)(H,20,21,24). The van der Waals surface area contributed by atoms with Crippen LogP contribution in [0.4, 0.5) is 5.13 Å². The lowest BCUT2D eigenvalue weighted by Gasteiger charge is -2.22. The lowest BCUT2D eigenvalue weighted by molar-refractivity contribution is -0.120. The van der Waals surface area contributed by atoms with Crippen molar-refractivity contribution in [3.63, 3.8) is 0 Å². The van der Waals surface area contributed by atoms with Gasteiger partial charge in [-0.2, -0.15) is 0 Å². The summed E-state index contributed by atoms with van der Waals surface area (Å²) in [5.41, 5.74) is 0.624. The van der Waals surface area contributed by atoms with Crippen molar-refractivity contribution in [1.29, 1.82) is 0 Å². The van der Waals surface area contributed by atoms with E-state index in [0.717, 1.165) is 5.76 Å². The average molecular weight is 405 g/mol. The zero-order valence-electron chi connectivity index (χ0n) is 15.0. The fraction of sp³-hybridized carbons (Fsp3) is 0.278. The number of amides is 2. The number of anilines is 1. The first-order valence-electron chi connectivity index (χ1n) is 8.28. The number of carbonyl (C=O) groups is 2. The van der Waals surface area contributed by atoms with Crippen molar-refractivity contribution in [2.75, 3.05) is 26.0 Å². The molecule has 0 spiro atoms. The highest BCUT2D eigenvalue weighted by atomic mass is 32.1. The third kappa shape index (κ3) is 5.25. The van der Waals surface area contributed by atoms with E-state index >= 15 is 0 Å². The van der Waals surface area contributed by atoms with Crippen LogP contribution in [0.15, 0.2) is 45.7 Å². The number of furan rings is 1. The number of aromatic nitrogens is 1. The molecule has 0 fully saturated rings. The molecule has 3 aromatic rings. The molecule has 7 nitrogen and oxygen atoms in total. The number of likely N-dealkylation sites (N-methyl/N-ethyl adjacent to an activating group) is 1. The third-order valence-corrected chi connectivity index (χ3v) is 5.52. The van der Waals surface area contributed by atoms with Crippen LogP contribution in [-0.2, 0) is 11.2 Å². The molecule has 0 radical (unpaired) electrons. The van der Waals surface area contributed by atoms with Crippen LogP contribution >= 0.6 is 22.7 Å². The molecule has 9 heteroatoms. The molecule has 27 heavy (non-hydrogen) atoms. The van der Waals surface area contributed by atoms with Gasteiger partial charge in [0.15, 0.2) is 5.13 Å². The molecule has 0 aliphatic heterocycles. The quantitative estimate of drug-likeness (QED) is 0.603. The fourth-order valence-corrected chi connectivity index (χ4v) is 3.79. The van der Waals surface area contributed by atoms with E-state index in [-0.39, 0.29) is 24.3 Å². The summed E-state index contributed by atoms with van der Waals surface area (Å²) in [5.74, 6) is 0.477. The summed E-state index contributed by atoms with van der Waals surface area (Å²) in [6, 6.07) is 7.25. The van der Waals surface area contributed by atoms with Crippen molar-refractivity contribution >= 4 is 39.6 Å². The Morgan fingerprint density at radius 2 is 2.11 bits per heavy atom. The van der Waals surface area contributed by atoms with Crippen molar-refractivity contribution in [3.8, 4) is 0 Å². The number of carbonyl (C=O) groups excluding carboxylic acids is 2. The number of nitrogens with zero attached hydrogens (tertiary/aromatic N) is 2. The van der Waals surface area contributed by atoms with Crippen molar-refractivity contribution in [2.45, 2.75) is 12.5 Å². The van der Waals surface area contributed by atoms with Crippen LogP contribution in [0.25, 0.3) is 0 Å². The molecule has 2 N–H and O–H groups in total. The topological polar surface area (TPSA) is 87.5 Å². The Kier molecular flexibility index (Phi) is 6.38. The minimum atomic E-state index is -0.192. The molecule has 1 atom stereocenters. The predicted octanol–water partition coefficient (Wildman–Crippen LogP) is 3.01. The van der Waals surface area contributed by atoms with Gasteiger partial charge in [-0.3, -0.25) is 19.8 Å². The summed E-state index contributed by atoms with van der Waals surface area (Å²) in [4.78, 5) is 31.2. The number of thiazole rings is 1. The number of hydrogen-bond acceptors (Lipinski definition) is 7. The molecule has 0 bridgehead atoms. The van der Waals surface area contributed by atoms with E-state index in [0.29, 0.717) is 22.2 Å². The zero-order chi connectivity index (χ0) is 19.2. The van der Waals surface area contributed by atoms with Crippen molar-refractivity contribution in [1.82, 2.24) is 15.2 Å². The van der Waals surface area contributed by atoms with E-state index in [1.807, 2.05) is 42.6 Å². The van der Waals surface area contributed by atoms with Crippen LogP contribution in [-0.4, -0.2) is 42.3 Å². The molecule has 2 amide bonds. The van der Waals surface area contributed by atoms with Crippen LogP contribution in [0.2, 0.25) is 0 Å². The highest BCUT2D eigenvalue weighted by Gasteiger charge is 2.18. The van der Waals surface area contributed by atoms with Gasteiger partial charge in [0.1, 0.15) is 5.76 Å². The first-order valence-corrected chi connectivity index (χ1v) is 10.0. The molecule has 0 aliphatic carbocycles. The Bertz CT molecular complexity index is 872. The van der Waals surface area contributed by atoms with Crippen LogP contribution in [0.5, 0.6) is 0 Å². The molecule has 3 rings (SSSR count). The Balaban J connectivity index is 1.51. The van der Waals surface area contributed by atoms with Crippen LogP contribution < -0.4 is 10.6 Å². The monoisotopic (exact) mass is 404 g/mol. The molecular formula is C18H20N4O3S2. The van der Waals surface area contributed by atoms with Gasteiger partial charge >= 0.3 is 0 Å². The van der Waals surface area contributed by atoms with Crippen molar-refractivity contribution in [2.24, 2.45) is 0 Å². The number of thiophene rings is 1. The van der Waals surface area contributed by atoms with E-state index in [9.17, 15) is 9.59 Å². The summed E-state index contributed by atoms with van der Waals surface area (Å²) in [7, 11) is 3.87. The van der Waals surface area contributed by atoms with E-state index in [2.05, 4.69) is 15.6 Å². The molecule has 0 aromatic carbocycles. The molecule has 3 aromatic heterocycles. The van der Waals surface area contributed by atoms with Crippen molar-refractivity contribution in [3.05, 3.63) is 57.6 Å². The molecule has 3 heterocycles. The van der Waals surface area contributed by atoms with Gasteiger partial charge in [0.05, 0.1) is 29.3 Å². The summed E-state index contributed by atoms with van der Waals surface area (Å²) in [6.07, 6.45) is 1.78. The lowest BCUT2D eigenvalue weighted by Crippen LogP contribution is -2.35. The summed E-state index contributed by atoms with van der Waals surface area (Å²) in [5, 5.41) is 9.77. The Hall–Kier alpha value is -2.49. The first kappa shape index (κ1) is 19.3. The fourth-order valence-electron chi connectivity index (χ4n) is 2.47. The Labute approximate surface area is 165 Å². The molecule has 0 aliphatic rings. The summed E-state index contributed by atoms with van der Waals surface area (Å²) >= 11 is 2.67. The zero-order valence-corrected chi connectivity index (χ0v) is 16.6. The van der Waals surface area contributed by atoms with E-state index in [1.165, 1.54) is 22.7 Å². The van der Waals surface area contributed by atoms with E-state index in [1.54, 1.807) is 17.7 Å². The molecule has 0 saturated carbocycles. The smallest absolute Gasteiger partial charge is 0.267 e. The minimum absolute atomic E-state index is 0.0416. The molecular weight excluding hydrogens is 384 g/mol.